The van der Waals surface area contributed by atoms with E-state index >= 15 is 0 Å². The fraction of sp³-hybridized carbons (Fsp3) is 0.462. The number of nitrogens with zero attached hydrogens (tertiary/aromatic N) is 1. The third kappa shape index (κ3) is 2.61. The Bertz CT molecular complexity index is 350. The number of amides is 1. The molecule has 0 bridgehead atoms. The van der Waals surface area contributed by atoms with Gasteiger partial charge in [-0.2, -0.15) is 0 Å². The van der Waals surface area contributed by atoms with Crippen molar-refractivity contribution in [2.75, 3.05) is 6.54 Å². The highest BCUT2D eigenvalue weighted by Gasteiger charge is 2.24. The zero-order valence-corrected chi connectivity index (χ0v) is 9.65. The van der Waals surface area contributed by atoms with Crippen molar-refractivity contribution in [3.63, 3.8) is 0 Å². The molecule has 1 saturated heterocycles. The molecular formula is C13H18N2O. The summed E-state index contributed by atoms with van der Waals surface area (Å²) >= 11 is 0. The summed E-state index contributed by atoms with van der Waals surface area (Å²) in [5.41, 5.74) is 4.21. The van der Waals surface area contributed by atoms with Crippen molar-refractivity contribution >= 4 is 5.91 Å². The first kappa shape index (κ1) is 11.1. The molecule has 1 aliphatic rings. The van der Waals surface area contributed by atoms with Crippen LogP contribution in [-0.2, 0) is 4.79 Å². The lowest BCUT2D eigenvalue weighted by Crippen LogP contribution is -2.45. The number of piperidine rings is 1. The second-order valence-corrected chi connectivity index (χ2v) is 4.28. The maximum atomic E-state index is 11.1. The lowest BCUT2D eigenvalue weighted by molar-refractivity contribution is -0.125. The molecule has 0 spiro atoms. The smallest absolute Gasteiger partial charge is 0.231 e. The molecule has 3 heteroatoms. The van der Waals surface area contributed by atoms with Crippen LogP contribution in [0, 0.1) is 0 Å². The molecule has 1 aliphatic heterocycles. The molecule has 1 amide bonds. The fourth-order valence-corrected chi connectivity index (χ4v) is 2.29. The summed E-state index contributed by atoms with van der Waals surface area (Å²) in [4.78, 5) is 11.1. The molecule has 0 aromatic heterocycles. The Kier molecular flexibility index (Phi) is 3.57. The Morgan fingerprint density at radius 2 is 2.06 bits per heavy atom. The summed E-state index contributed by atoms with van der Waals surface area (Å²) in [6.45, 7) is 2.51. The van der Waals surface area contributed by atoms with Crippen molar-refractivity contribution in [2.24, 2.45) is 0 Å². The zero-order valence-electron chi connectivity index (χ0n) is 9.65. The second kappa shape index (κ2) is 5.12. The minimum atomic E-state index is 0.0165. The van der Waals surface area contributed by atoms with E-state index in [1.165, 1.54) is 12.0 Å². The quantitative estimate of drug-likeness (QED) is 0.825. The molecule has 1 unspecified atom stereocenters. The highest BCUT2D eigenvalue weighted by Crippen LogP contribution is 2.28. The van der Waals surface area contributed by atoms with E-state index in [2.05, 4.69) is 34.7 Å². The average molecular weight is 218 g/mol. The van der Waals surface area contributed by atoms with E-state index < -0.39 is 0 Å². The number of nitrogens with one attached hydrogen (secondary N) is 1. The molecule has 1 N–H and O–H groups in total. The first-order chi connectivity index (χ1) is 7.77. The van der Waals surface area contributed by atoms with Gasteiger partial charge in [0.25, 0.3) is 0 Å². The number of hydrogen-bond acceptors (Lipinski definition) is 2. The third-order valence-electron chi connectivity index (χ3n) is 2.99. The molecule has 1 aromatic rings. The van der Waals surface area contributed by atoms with Crippen LogP contribution in [0.4, 0.5) is 0 Å². The molecule has 1 fully saturated rings. The highest BCUT2D eigenvalue weighted by molar-refractivity contribution is 5.72. The first-order valence-corrected chi connectivity index (χ1v) is 5.86. The summed E-state index contributed by atoms with van der Waals surface area (Å²) in [6.07, 6.45) is 3.50. The standard InChI is InChI=1S/C13H18N2O/c1-11(16)14-15-10-6-5-9-13(15)12-7-3-2-4-8-12/h2-4,7-8,13H,5-6,9-10H2,1H3,(H,14,16). The Balaban J connectivity index is 2.13. The molecule has 1 heterocycles. The Morgan fingerprint density at radius 1 is 1.31 bits per heavy atom. The van der Waals surface area contributed by atoms with Gasteiger partial charge in [0.2, 0.25) is 5.91 Å². The molecule has 1 aromatic carbocycles. The van der Waals surface area contributed by atoms with Gasteiger partial charge in [0.15, 0.2) is 0 Å². The van der Waals surface area contributed by atoms with E-state index in [1.54, 1.807) is 6.92 Å². The van der Waals surface area contributed by atoms with Gasteiger partial charge in [0, 0.05) is 13.5 Å². The predicted molar refractivity (Wildman–Crippen MR) is 63.6 cm³/mol. The van der Waals surface area contributed by atoms with E-state index in [0.717, 1.165) is 19.4 Å². The molecule has 0 aliphatic carbocycles. The molecule has 16 heavy (non-hydrogen) atoms. The second-order valence-electron chi connectivity index (χ2n) is 4.28. The number of benzene rings is 1. The number of hydrogen-bond donors (Lipinski definition) is 1. The minimum absolute atomic E-state index is 0.0165. The van der Waals surface area contributed by atoms with Crippen molar-refractivity contribution in [2.45, 2.75) is 32.2 Å². The molecule has 86 valence electrons. The van der Waals surface area contributed by atoms with E-state index in [-0.39, 0.29) is 5.91 Å². The monoisotopic (exact) mass is 218 g/mol. The van der Waals surface area contributed by atoms with Crippen LogP contribution in [0.25, 0.3) is 0 Å². The van der Waals surface area contributed by atoms with Crippen molar-refractivity contribution < 1.29 is 4.79 Å². The largest absolute Gasteiger partial charge is 0.289 e. The van der Waals surface area contributed by atoms with Gasteiger partial charge < -0.3 is 0 Å². The first-order valence-electron chi connectivity index (χ1n) is 5.86. The Hall–Kier alpha value is -1.35. The van der Waals surface area contributed by atoms with E-state index in [0.29, 0.717) is 6.04 Å². The van der Waals surface area contributed by atoms with Gasteiger partial charge in [-0.3, -0.25) is 10.2 Å². The number of rotatable bonds is 2. The number of hydrazine groups is 1. The molecule has 1 atom stereocenters. The molecule has 2 rings (SSSR count). The number of carbonyl (C=O) groups excluding carboxylic acids is 1. The van der Waals surface area contributed by atoms with E-state index in [4.69, 9.17) is 0 Å². The van der Waals surface area contributed by atoms with Crippen LogP contribution in [0.2, 0.25) is 0 Å². The predicted octanol–water partition coefficient (Wildman–Crippen LogP) is 2.26. The molecule has 0 saturated carbocycles. The zero-order chi connectivity index (χ0) is 11.4. The van der Waals surface area contributed by atoms with Crippen molar-refractivity contribution in [1.82, 2.24) is 10.4 Å². The van der Waals surface area contributed by atoms with Crippen molar-refractivity contribution in [3.05, 3.63) is 35.9 Å². The molecule has 3 nitrogen and oxygen atoms in total. The van der Waals surface area contributed by atoms with Gasteiger partial charge in [0.05, 0.1) is 6.04 Å². The summed E-state index contributed by atoms with van der Waals surface area (Å²) < 4.78 is 0. The van der Waals surface area contributed by atoms with Gasteiger partial charge in [-0.05, 0) is 18.4 Å². The third-order valence-corrected chi connectivity index (χ3v) is 2.99. The van der Waals surface area contributed by atoms with Crippen molar-refractivity contribution in [3.8, 4) is 0 Å². The Labute approximate surface area is 96.4 Å². The molecular weight excluding hydrogens is 200 g/mol. The summed E-state index contributed by atoms with van der Waals surface area (Å²) in [7, 11) is 0. The van der Waals surface area contributed by atoms with Gasteiger partial charge in [0.1, 0.15) is 0 Å². The van der Waals surface area contributed by atoms with E-state index in [9.17, 15) is 4.79 Å². The van der Waals surface area contributed by atoms with Crippen LogP contribution >= 0.6 is 0 Å². The lowest BCUT2D eigenvalue weighted by Gasteiger charge is -2.35. The fourth-order valence-electron chi connectivity index (χ4n) is 2.29. The minimum Gasteiger partial charge on any atom is -0.289 e. The Morgan fingerprint density at radius 3 is 2.75 bits per heavy atom. The topological polar surface area (TPSA) is 32.3 Å². The van der Waals surface area contributed by atoms with Gasteiger partial charge >= 0.3 is 0 Å². The maximum absolute atomic E-state index is 11.1. The summed E-state index contributed by atoms with van der Waals surface area (Å²) in [5.74, 6) is 0.0165. The van der Waals surface area contributed by atoms with Crippen LogP contribution < -0.4 is 5.43 Å². The number of carbonyl (C=O) groups is 1. The van der Waals surface area contributed by atoms with Crippen LogP contribution in [0.1, 0.15) is 37.8 Å². The highest BCUT2D eigenvalue weighted by atomic mass is 16.2. The average Bonchev–Trinajstić information content (AvgIpc) is 2.30. The van der Waals surface area contributed by atoms with Gasteiger partial charge in [-0.1, -0.05) is 36.8 Å². The summed E-state index contributed by atoms with van der Waals surface area (Å²) in [6, 6.07) is 10.7. The normalized spacial score (nSPS) is 21.7. The van der Waals surface area contributed by atoms with Crippen LogP contribution in [-0.4, -0.2) is 17.5 Å². The van der Waals surface area contributed by atoms with Crippen LogP contribution in [0.15, 0.2) is 30.3 Å². The van der Waals surface area contributed by atoms with Gasteiger partial charge in [-0.15, -0.1) is 0 Å². The molecule has 0 radical (unpaired) electrons. The van der Waals surface area contributed by atoms with E-state index in [1.807, 2.05) is 6.07 Å². The van der Waals surface area contributed by atoms with Crippen LogP contribution in [0.3, 0.4) is 0 Å². The SMILES string of the molecule is CC(=O)NN1CCCCC1c1ccccc1. The lowest BCUT2D eigenvalue weighted by atomic mass is 9.97. The summed E-state index contributed by atoms with van der Waals surface area (Å²) in [5, 5.41) is 2.07. The maximum Gasteiger partial charge on any atom is 0.231 e. The van der Waals surface area contributed by atoms with Crippen molar-refractivity contribution in [1.29, 1.82) is 0 Å². The van der Waals surface area contributed by atoms with Gasteiger partial charge in [-0.25, -0.2) is 5.01 Å². The van der Waals surface area contributed by atoms with Crippen LogP contribution in [0.5, 0.6) is 0 Å².